The molecule has 5 aliphatic rings. The number of carbonyl (C=O) groups excluding carboxylic acids is 5. The van der Waals surface area contributed by atoms with E-state index in [1.54, 1.807) is 66.0 Å². The molecule has 2 atom stereocenters. The zero-order valence-corrected chi connectivity index (χ0v) is 48.4. The molecule has 5 heterocycles. The fourth-order valence-electron chi connectivity index (χ4n) is 10.7. The van der Waals surface area contributed by atoms with Crippen LogP contribution in [0, 0.1) is 0 Å². The standard InChI is InChI=1S/C61H68N6O13S2/c1-61(2,82-81-24-10-15-58(70)80-67-56(68)16-17-57(67)69)38-64(18-19-76-22-23-77-21-20-73-3)43-26-39(36-78-54-32-48-46(30-52(54)74-4)59(71)65-44(34-62-48)28-41-11-6-8-13-50(41)65)25-40(27-43)37-79-55-33-49-47(31-53(55)75-5)60(72)66-45(35-63-49)29-42-12-7-9-14-51(42)66/h6-9,11-14,25-27,30-34,44-45,63H,10,15-24,28-29,35-38H2,1-5H3/t44-,45-/m0/s1. The summed E-state index contributed by atoms with van der Waals surface area (Å²) in [5, 5.41) is 4.12. The number of nitrogens with zero attached hydrogens (tertiary/aromatic N) is 5. The second-order valence-electron chi connectivity index (χ2n) is 21.0. The number of fused-ring (bicyclic) bond motifs is 8. The molecule has 0 unspecified atom stereocenters. The van der Waals surface area contributed by atoms with Crippen molar-refractivity contribution in [1.82, 2.24) is 5.06 Å². The predicted molar refractivity (Wildman–Crippen MR) is 315 cm³/mol. The molecule has 0 aromatic heterocycles. The Morgan fingerprint density at radius 3 is 2.04 bits per heavy atom. The first kappa shape index (κ1) is 57.9. The lowest BCUT2D eigenvalue weighted by Crippen LogP contribution is -2.39. The molecule has 432 valence electrons. The van der Waals surface area contributed by atoms with E-state index in [0.717, 1.165) is 45.7 Å². The Balaban J connectivity index is 0.908. The Bertz CT molecular complexity index is 3210. The number of hydrogen-bond acceptors (Lipinski definition) is 18. The average Bonchev–Trinajstić information content (AvgIpc) is 3.00. The van der Waals surface area contributed by atoms with Gasteiger partial charge in [0.15, 0.2) is 23.0 Å². The van der Waals surface area contributed by atoms with Crippen LogP contribution < -0.4 is 39.0 Å². The monoisotopic (exact) mass is 1160 g/mol. The lowest BCUT2D eigenvalue weighted by Gasteiger charge is -2.34. The van der Waals surface area contributed by atoms with Crippen LogP contribution in [0.2, 0.25) is 0 Å². The maximum Gasteiger partial charge on any atom is 0.333 e. The molecule has 0 radical (unpaired) electrons. The summed E-state index contributed by atoms with van der Waals surface area (Å²) >= 11 is 0. The second-order valence-corrected chi connectivity index (χ2v) is 24.1. The van der Waals surface area contributed by atoms with Crippen molar-refractivity contribution < 1.29 is 62.0 Å². The van der Waals surface area contributed by atoms with Crippen LogP contribution in [0.5, 0.6) is 23.0 Å². The van der Waals surface area contributed by atoms with Crippen LogP contribution in [0.15, 0.2) is 96.0 Å². The first-order valence-corrected chi connectivity index (χ1v) is 29.8. The number of para-hydroxylation sites is 2. The van der Waals surface area contributed by atoms with E-state index in [9.17, 15) is 24.0 Å². The van der Waals surface area contributed by atoms with Crippen LogP contribution in [0.3, 0.4) is 0 Å². The summed E-state index contributed by atoms with van der Waals surface area (Å²) in [6.45, 7) is 8.30. The molecule has 19 nitrogen and oxygen atoms in total. The number of hydroxylamine groups is 2. The number of rotatable bonds is 27. The van der Waals surface area contributed by atoms with E-state index in [-0.39, 0.29) is 61.1 Å². The maximum absolute atomic E-state index is 14.3. The lowest BCUT2D eigenvalue weighted by atomic mass is 10.1. The van der Waals surface area contributed by atoms with Gasteiger partial charge in [-0.05, 0) is 91.4 Å². The highest BCUT2D eigenvalue weighted by molar-refractivity contribution is 8.77. The number of hydrogen-bond donors (Lipinski definition) is 1. The van der Waals surface area contributed by atoms with Crippen molar-refractivity contribution in [2.45, 2.75) is 82.4 Å². The highest BCUT2D eigenvalue weighted by atomic mass is 33.1. The van der Waals surface area contributed by atoms with E-state index >= 15 is 0 Å². The molecular weight excluding hydrogens is 1090 g/mol. The van der Waals surface area contributed by atoms with Gasteiger partial charge < -0.3 is 53.1 Å². The van der Waals surface area contributed by atoms with Crippen molar-refractivity contribution in [3.63, 3.8) is 0 Å². The summed E-state index contributed by atoms with van der Waals surface area (Å²) in [5.74, 6) is 0.379. The minimum Gasteiger partial charge on any atom is -0.493 e. The summed E-state index contributed by atoms with van der Waals surface area (Å²) < 4.78 is 41.7. The van der Waals surface area contributed by atoms with Gasteiger partial charge in [0.25, 0.3) is 23.6 Å². The highest BCUT2D eigenvalue weighted by Gasteiger charge is 2.39. The lowest BCUT2D eigenvalue weighted by molar-refractivity contribution is -0.197. The number of benzene rings is 5. The Morgan fingerprint density at radius 2 is 1.34 bits per heavy atom. The van der Waals surface area contributed by atoms with E-state index < -0.39 is 17.8 Å². The Morgan fingerprint density at radius 1 is 0.720 bits per heavy atom. The van der Waals surface area contributed by atoms with Crippen molar-refractivity contribution in [3.8, 4) is 23.0 Å². The Kier molecular flexibility index (Phi) is 18.6. The van der Waals surface area contributed by atoms with E-state index in [4.69, 9.17) is 43.0 Å². The van der Waals surface area contributed by atoms with Crippen molar-refractivity contribution in [2.24, 2.45) is 4.99 Å². The molecule has 5 aromatic carbocycles. The maximum atomic E-state index is 14.3. The number of aliphatic imine (C=N–C) groups is 1. The van der Waals surface area contributed by atoms with Gasteiger partial charge in [0.05, 0.1) is 81.8 Å². The van der Waals surface area contributed by atoms with Gasteiger partial charge in [-0.1, -0.05) is 58.0 Å². The zero-order valence-electron chi connectivity index (χ0n) is 46.8. The van der Waals surface area contributed by atoms with E-state index in [2.05, 4.69) is 42.3 Å². The zero-order chi connectivity index (χ0) is 57.3. The van der Waals surface area contributed by atoms with Gasteiger partial charge >= 0.3 is 5.97 Å². The number of ether oxygens (including phenoxy) is 7. The predicted octanol–water partition coefficient (Wildman–Crippen LogP) is 9.18. The molecule has 5 aromatic rings. The quantitative estimate of drug-likeness (QED) is 0.0296. The van der Waals surface area contributed by atoms with Gasteiger partial charge in [0.2, 0.25) is 0 Å². The first-order valence-electron chi connectivity index (χ1n) is 27.5. The fraction of sp³-hybridized carbons (Fsp3) is 0.410. The van der Waals surface area contributed by atoms with Gasteiger partial charge in [-0.25, -0.2) is 4.79 Å². The van der Waals surface area contributed by atoms with Gasteiger partial charge in [-0.15, -0.1) is 5.06 Å². The molecule has 0 bridgehead atoms. The summed E-state index contributed by atoms with van der Waals surface area (Å²) in [4.78, 5) is 81.0. The number of amides is 4. The average molecular weight is 1160 g/mol. The molecule has 0 spiro atoms. The normalized spacial score (nSPS) is 16.8. The van der Waals surface area contributed by atoms with Gasteiger partial charge in [-0.2, -0.15) is 0 Å². The van der Waals surface area contributed by atoms with E-state index in [1.165, 1.54) is 0 Å². The minimum atomic E-state index is -0.623. The smallest absolute Gasteiger partial charge is 0.333 e. The SMILES string of the molecule is COCCOCCOCCN(CC(C)(C)SSCCCC(=O)ON1C(=O)CCC1=O)c1cc(COc2cc3c(cc2OC)C(=O)N2c4ccccc4C[C@H]2C=N3)cc(COc2cc3c(cc2OC)C(=O)N2c4ccccc4C[C@H]2CN3)c1. The highest BCUT2D eigenvalue weighted by Crippen LogP contribution is 2.44. The van der Waals surface area contributed by atoms with Crippen molar-refractivity contribution in [3.05, 3.63) is 124 Å². The van der Waals surface area contributed by atoms with Crippen molar-refractivity contribution in [1.29, 1.82) is 0 Å². The van der Waals surface area contributed by atoms with Crippen molar-refractivity contribution in [2.75, 3.05) is 99.8 Å². The molecule has 0 aliphatic carbocycles. The van der Waals surface area contributed by atoms with Crippen LogP contribution >= 0.6 is 21.6 Å². The van der Waals surface area contributed by atoms with Crippen molar-refractivity contribution >= 4 is 85.8 Å². The minimum absolute atomic E-state index is 0.0379. The summed E-state index contributed by atoms with van der Waals surface area (Å²) in [6.07, 6.45) is 3.86. The first-order chi connectivity index (χ1) is 39.8. The largest absolute Gasteiger partial charge is 0.493 e. The molecular formula is C61H68N6O13S2. The summed E-state index contributed by atoms with van der Waals surface area (Å²) in [5.41, 5.74) is 8.57. The van der Waals surface area contributed by atoms with Crippen LogP contribution in [0.4, 0.5) is 28.4 Å². The van der Waals surface area contributed by atoms with Gasteiger partial charge in [0.1, 0.15) is 13.2 Å². The molecule has 4 amide bonds. The third kappa shape index (κ3) is 13.3. The molecule has 0 saturated carbocycles. The van der Waals surface area contributed by atoms with Crippen LogP contribution in [-0.2, 0) is 59.5 Å². The number of carbonyl (C=O) groups is 5. The molecule has 5 aliphatic heterocycles. The van der Waals surface area contributed by atoms with Crippen LogP contribution in [0.25, 0.3) is 0 Å². The van der Waals surface area contributed by atoms with Gasteiger partial charge in [0, 0.05) is 98.3 Å². The molecule has 21 heteroatoms. The topological polar surface area (TPSA) is 197 Å². The molecule has 10 rings (SSSR count). The molecule has 1 fully saturated rings. The fourth-order valence-corrected chi connectivity index (χ4v) is 13.3. The third-order valence-electron chi connectivity index (χ3n) is 14.6. The molecule has 1 N–H and O–H groups in total. The summed E-state index contributed by atoms with van der Waals surface area (Å²) in [7, 11) is 8.05. The number of nitrogens with one attached hydrogen (secondary N) is 1. The number of imide groups is 1. The Labute approximate surface area is 485 Å². The Hall–Kier alpha value is -7.30. The second kappa shape index (κ2) is 26.3. The summed E-state index contributed by atoms with van der Waals surface area (Å²) in [6, 6.07) is 28.9. The van der Waals surface area contributed by atoms with Crippen LogP contribution in [0.1, 0.15) is 82.5 Å². The van der Waals surface area contributed by atoms with E-state index in [1.807, 2.05) is 65.7 Å². The molecule has 1 saturated heterocycles. The number of methoxy groups -OCH3 is 3. The van der Waals surface area contributed by atoms with Crippen LogP contribution in [-0.4, -0.2) is 137 Å². The third-order valence-corrected chi connectivity index (χ3v) is 18.0. The van der Waals surface area contributed by atoms with Gasteiger partial charge in [-0.3, -0.25) is 29.1 Å². The molecule has 82 heavy (non-hydrogen) atoms. The number of anilines is 4. The van der Waals surface area contributed by atoms with E-state index in [0.29, 0.717) is 122 Å².